The van der Waals surface area contributed by atoms with Gasteiger partial charge < -0.3 is 4.52 Å². The lowest BCUT2D eigenvalue weighted by Crippen LogP contribution is -2.19. The maximum Gasteiger partial charge on any atom is 0.124 e. The maximum absolute atomic E-state index is 4.88. The highest BCUT2D eigenvalue weighted by Gasteiger charge is 2.10. The molecule has 0 saturated carbocycles. The molecular weight excluding hydrogens is 264 g/mol. The fourth-order valence-electron chi connectivity index (χ4n) is 2.42. The minimum absolute atomic E-state index is 0.753. The summed E-state index contributed by atoms with van der Waals surface area (Å²) in [5.41, 5.74) is 4.53. The summed E-state index contributed by atoms with van der Waals surface area (Å²) in [6.07, 6.45) is 5.36. The summed E-state index contributed by atoms with van der Waals surface area (Å²) in [5.74, 6) is 0. The molecule has 0 fully saturated rings. The Bertz CT molecular complexity index is 689. The van der Waals surface area contributed by atoms with Crippen LogP contribution < -0.4 is 0 Å². The van der Waals surface area contributed by atoms with E-state index < -0.39 is 0 Å². The van der Waals surface area contributed by atoms with Crippen molar-refractivity contribution in [3.8, 4) is 5.69 Å². The third-order valence-electron chi connectivity index (χ3n) is 3.35. The van der Waals surface area contributed by atoms with Crippen LogP contribution in [-0.2, 0) is 13.1 Å². The topological polar surface area (TPSA) is 47.1 Å². The molecule has 1 aromatic carbocycles. The van der Waals surface area contributed by atoms with Crippen LogP contribution in [0.2, 0.25) is 0 Å². The molecule has 0 atom stereocenters. The zero-order valence-electron chi connectivity index (χ0n) is 12.2. The summed E-state index contributed by atoms with van der Waals surface area (Å²) >= 11 is 0. The second-order valence-electron chi connectivity index (χ2n) is 5.25. The second kappa shape index (κ2) is 5.93. The zero-order chi connectivity index (χ0) is 14.7. The summed E-state index contributed by atoms with van der Waals surface area (Å²) in [5, 5.41) is 8.28. The van der Waals surface area contributed by atoms with Crippen LogP contribution in [0.25, 0.3) is 5.69 Å². The molecule has 21 heavy (non-hydrogen) atoms. The fourth-order valence-corrected chi connectivity index (χ4v) is 2.42. The van der Waals surface area contributed by atoms with Gasteiger partial charge in [0.1, 0.15) is 6.26 Å². The Labute approximate surface area is 123 Å². The lowest BCUT2D eigenvalue weighted by molar-refractivity contribution is 0.303. The number of rotatable bonds is 5. The lowest BCUT2D eigenvalue weighted by Gasteiger charge is -2.18. The van der Waals surface area contributed by atoms with Gasteiger partial charge in [0.15, 0.2) is 0 Å². The van der Waals surface area contributed by atoms with Crippen LogP contribution in [0.4, 0.5) is 0 Å². The summed E-state index contributed by atoms with van der Waals surface area (Å²) in [7, 11) is 2.07. The van der Waals surface area contributed by atoms with Crippen molar-refractivity contribution in [2.75, 3.05) is 7.05 Å². The average molecular weight is 282 g/mol. The van der Waals surface area contributed by atoms with E-state index in [9.17, 15) is 0 Å². The Balaban J connectivity index is 1.82. The zero-order valence-corrected chi connectivity index (χ0v) is 12.2. The molecular formula is C16H18N4O. The van der Waals surface area contributed by atoms with Gasteiger partial charge in [-0.05, 0) is 31.7 Å². The number of hydrogen-bond acceptors (Lipinski definition) is 4. The second-order valence-corrected chi connectivity index (χ2v) is 5.25. The number of nitrogens with zero attached hydrogens (tertiary/aromatic N) is 4. The average Bonchev–Trinajstić information content (AvgIpc) is 3.11. The Kier molecular flexibility index (Phi) is 3.83. The van der Waals surface area contributed by atoms with E-state index in [1.54, 1.807) is 12.5 Å². The minimum Gasteiger partial charge on any atom is -0.364 e. The molecule has 0 N–H and O–H groups in total. The first-order valence-electron chi connectivity index (χ1n) is 6.90. The monoisotopic (exact) mass is 282 g/mol. The largest absolute Gasteiger partial charge is 0.364 e. The Morgan fingerprint density at radius 3 is 2.86 bits per heavy atom. The Hall–Kier alpha value is -2.40. The molecule has 0 aliphatic rings. The molecule has 0 spiro atoms. The van der Waals surface area contributed by atoms with Crippen molar-refractivity contribution in [1.82, 2.24) is 19.8 Å². The van der Waals surface area contributed by atoms with E-state index in [4.69, 9.17) is 4.52 Å². The number of benzene rings is 1. The third kappa shape index (κ3) is 3.20. The lowest BCUT2D eigenvalue weighted by atomic mass is 10.1. The van der Waals surface area contributed by atoms with E-state index in [0.717, 1.165) is 24.5 Å². The number of aryl methyl sites for hydroxylation is 1. The van der Waals surface area contributed by atoms with Gasteiger partial charge in [-0.3, -0.25) is 4.90 Å². The summed E-state index contributed by atoms with van der Waals surface area (Å²) < 4.78 is 6.78. The van der Waals surface area contributed by atoms with Crippen molar-refractivity contribution in [2.24, 2.45) is 0 Å². The molecule has 2 aromatic heterocycles. The number of hydrogen-bond donors (Lipinski definition) is 0. The molecule has 3 aromatic rings. The van der Waals surface area contributed by atoms with Gasteiger partial charge in [0, 0.05) is 31.5 Å². The van der Waals surface area contributed by atoms with Gasteiger partial charge in [0.05, 0.1) is 11.4 Å². The molecule has 108 valence electrons. The van der Waals surface area contributed by atoms with Gasteiger partial charge in [-0.2, -0.15) is 5.10 Å². The van der Waals surface area contributed by atoms with Crippen molar-refractivity contribution in [2.45, 2.75) is 20.0 Å². The van der Waals surface area contributed by atoms with Gasteiger partial charge in [0.25, 0.3) is 0 Å². The van der Waals surface area contributed by atoms with Crippen molar-refractivity contribution in [1.29, 1.82) is 0 Å². The Morgan fingerprint density at radius 2 is 2.14 bits per heavy atom. The van der Waals surface area contributed by atoms with E-state index in [1.165, 1.54) is 11.1 Å². The molecule has 3 rings (SSSR count). The normalized spacial score (nSPS) is 11.2. The summed E-state index contributed by atoms with van der Waals surface area (Å²) in [6, 6.07) is 10.2. The van der Waals surface area contributed by atoms with Crippen LogP contribution in [0.15, 0.2) is 53.5 Å². The molecule has 0 aliphatic heterocycles. The molecule has 5 nitrogen and oxygen atoms in total. The maximum atomic E-state index is 4.88. The van der Waals surface area contributed by atoms with Crippen LogP contribution >= 0.6 is 0 Å². The fraction of sp³-hybridized carbons (Fsp3) is 0.250. The van der Waals surface area contributed by atoms with Gasteiger partial charge in [-0.15, -0.1) is 0 Å². The molecule has 0 saturated heterocycles. The molecule has 0 unspecified atom stereocenters. The van der Waals surface area contributed by atoms with Crippen molar-refractivity contribution in [3.05, 3.63) is 65.8 Å². The van der Waals surface area contributed by atoms with Crippen molar-refractivity contribution >= 4 is 0 Å². The highest BCUT2D eigenvalue weighted by molar-refractivity contribution is 5.42. The smallest absolute Gasteiger partial charge is 0.124 e. The van der Waals surface area contributed by atoms with Crippen LogP contribution in [-0.4, -0.2) is 26.9 Å². The molecule has 0 radical (unpaired) electrons. The van der Waals surface area contributed by atoms with Gasteiger partial charge in [0.2, 0.25) is 0 Å². The van der Waals surface area contributed by atoms with E-state index in [2.05, 4.69) is 47.3 Å². The molecule has 5 heteroatoms. The highest BCUT2D eigenvalue weighted by Crippen LogP contribution is 2.18. The van der Waals surface area contributed by atoms with Crippen LogP contribution in [0, 0.1) is 6.92 Å². The van der Waals surface area contributed by atoms with E-state index in [1.807, 2.05) is 23.0 Å². The van der Waals surface area contributed by atoms with E-state index in [-0.39, 0.29) is 0 Å². The van der Waals surface area contributed by atoms with Gasteiger partial charge in [-0.1, -0.05) is 22.9 Å². The van der Waals surface area contributed by atoms with Crippen LogP contribution in [0.3, 0.4) is 0 Å². The Morgan fingerprint density at radius 1 is 1.24 bits per heavy atom. The first kappa shape index (κ1) is 13.6. The van der Waals surface area contributed by atoms with E-state index >= 15 is 0 Å². The summed E-state index contributed by atoms with van der Waals surface area (Å²) in [4.78, 5) is 2.21. The predicted octanol–water partition coefficient (Wildman–Crippen LogP) is 2.80. The minimum atomic E-state index is 0.753. The first-order chi connectivity index (χ1) is 10.2. The standard InChI is InChI=1S/C16H18N4O/c1-13-4-5-16(20-8-3-7-17-20)14(10-13)11-19(2)12-15-6-9-21-18-15/h3-10H,11-12H2,1-2H3. The van der Waals surface area contributed by atoms with Gasteiger partial charge >= 0.3 is 0 Å². The number of aromatic nitrogens is 3. The third-order valence-corrected chi connectivity index (χ3v) is 3.35. The predicted molar refractivity (Wildman–Crippen MR) is 80.0 cm³/mol. The van der Waals surface area contributed by atoms with Crippen LogP contribution in [0.5, 0.6) is 0 Å². The first-order valence-corrected chi connectivity index (χ1v) is 6.90. The SMILES string of the molecule is Cc1ccc(-n2cccn2)c(CN(C)Cc2ccon2)c1. The highest BCUT2D eigenvalue weighted by atomic mass is 16.5. The molecule has 0 amide bonds. The molecule has 0 bridgehead atoms. The molecule has 2 heterocycles. The van der Waals surface area contributed by atoms with Crippen molar-refractivity contribution in [3.63, 3.8) is 0 Å². The van der Waals surface area contributed by atoms with E-state index in [0.29, 0.717) is 0 Å². The van der Waals surface area contributed by atoms with Crippen LogP contribution in [0.1, 0.15) is 16.8 Å². The quantitative estimate of drug-likeness (QED) is 0.722. The van der Waals surface area contributed by atoms with Crippen molar-refractivity contribution < 1.29 is 4.52 Å². The summed E-state index contributed by atoms with van der Waals surface area (Å²) in [6.45, 7) is 3.68. The molecule has 0 aliphatic carbocycles. The van der Waals surface area contributed by atoms with Gasteiger partial charge in [-0.25, -0.2) is 4.68 Å².